The fourth-order valence-corrected chi connectivity index (χ4v) is 1.83. The summed E-state index contributed by atoms with van der Waals surface area (Å²) in [6.45, 7) is 3.33. The molecule has 1 heterocycles. The minimum Gasteiger partial charge on any atom is -0.395 e. The molecule has 1 rings (SSSR count). The molecule has 0 aliphatic carbocycles. The summed E-state index contributed by atoms with van der Waals surface area (Å²) in [6, 6.07) is 2.77. The molecular formula is C14H23N3O4. The lowest BCUT2D eigenvalue weighted by Crippen LogP contribution is -2.38. The summed E-state index contributed by atoms with van der Waals surface area (Å²) in [4.78, 5) is 25.5. The molecule has 1 amide bonds. The third-order valence-corrected chi connectivity index (χ3v) is 3.03. The van der Waals surface area contributed by atoms with Crippen LogP contribution in [-0.2, 0) is 11.3 Å². The third kappa shape index (κ3) is 5.28. The second-order valence-corrected chi connectivity index (χ2v) is 4.64. The van der Waals surface area contributed by atoms with Gasteiger partial charge in [0, 0.05) is 32.8 Å². The highest BCUT2D eigenvalue weighted by molar-refractivity contribution is 5.92. The van der Waals surface area contributed by atoms with E-state index in [1.807, 2.05) is 6.92 Å². The van der Waals surface area contributed by atoms with Crippen molar-refractivity contribution in [2.75, 3.05) is 33.4 Å². The molecule has 0 aromatic carbocycles. The lowest BCUT2D eigenvalue weighted by Gasteiger charge is -2.21. The summed E-state index contributed by atoms with van der Waals surface area (Å²) < 4.78 is 6.26. The van der Waals surface area contributed by atoms with Crippen molar-refractivity contribution >= 4 is 5.91 Å². The molecule has 21 heavy (non-hydrogen) atoms. The van der Waals surface area contributed by atoms with Crippen molar-refractivity contribution in [2.45, 2.75) is 26.3 Å². The number of unbranched alkanes of at least 4 members (excludes halogenated alkanes) is 1. The van der Waals surface area contributed by atoms with Gasteiger partial charge in [-0.2, -0.15) is 5.10 Å². The van der Waals surface area contributed by atoms with Gasteiger partial charge < -0.3 is 14.7 Å². The maximum absolute atomic E-state index is 12.4. The quantitative estimate of drug-likeness (QED) is 0.700. The van der Waals surface area contributed by atoms with Gasteiger partial charge in [0.25, 0.3) is 11.5 Å². The Hall–Kier alpha value is -1.73. The van der Waals surface area contributed by atoms with E-state index in [4.69, 9.17) is 9.84 Å². The van der Waals surface area contributed by atoms with Crippen molar-refractivity contribution in [2.24, 2.45) is 0 Å². The molecule has 0 atom stereocenters. The Kier molecular flexibility index (Phi) is 7.63. The van der Waals surface area contributed by atoms with Gasteiger partial charge in [-0.05, 0) is 12.5 Å². The third-order valence-electron chi connectivity index (χ3n) is 3.03. The molecule has 1 N–H and O–H groups in total. The van der Waals surface area contributed by atoms with E-state index in [0.29, 0.717) is 19.7 Å². The van der Waals surface area contributed by atoms with Crippen LogP contribution < -0.4 is 5.56 Å². The molecule has 1 aromatic heterocycles. The number of rotatable bonds is 9. The first kappa shape index (κ1) is 17.3. The number of aliphatic hydroxyl groups is 1. The van der Waals surface area contributed by atoms with Gasteiger partial charge in [0.05, 0.1) is 13.2 Å². The fourth-order valence-electron chi connectivity index (χ4n) is 1.83. The highest BCUT2D eigenvalue weighted by atomic mass is 16.5. The van der Waals surface area contributed by atoms with Crippen LogP contribution in [0.15, 0.2) is 16.9 Å². The molecule has 0 unspecified atom stereocenters. The lowest BCUT2D eigenvalue weighted by atomic mass is 10.3. The van der Waals surface area contributed by atoms with Gasteiger partial charge in [-0.1, -0.05) is 13.3 Å². The number of carbonyl (C=O) groups is 1. The van der Waals surface area contributed by atoms with E-state index in [2.05, 4.69) is 5.10 Å². The number of amides is 1. The SMILES string of the molecule is CCCCn1nc(C(=O)N(CCO)CCOC)ccc1=O. The first-order chi connectivity index (χ1) is 10.1. The Morgan fingerprint density at radius 3 is 2.81 bits per heavy atom. The van der Waals surface area contributed by atoms with E-state index in [0.717, 1.165) is 12.8 Å². The monoisotopic (exact) mass is 297 g/mol. The van der Waals surface area contributed by atoms with Gasteiger partial charge in [0.2, 0.25) is 0 Å². The van der Waals surface area contributed by atoms with Gasteiger partial charge in [0.1, 0.15) is 5.69 Å². The van der Waals surface area contributed by atoms with E-state index in [-0.39, 0.29) is 30.3 Å². The molecule has 0 spiro atoms. The number of hydrogen-bond acceptors (Lipinski definition) is 5. The van der Waals surface area contributed by atoms with Gasteiger partial charge in [-0.25, -0.2) is 4.68 Å². The van der Waals surface area contributed by atoms with E-state index in [9.17, 15) is 9.59 Å². The van der Waals surface area contributed by atoms with Gasteiger partial charge in [-0.3, -0.25) is 9.59 Å². The van der Waals surface area contributed by atoms with Gasteiger partial charge in [0.15, 0.2) is 0 Å². The highest BCUT2D eigenvalue weighted by Crippen LogP contribution is 2.01. The van der Waals surface area contributed by atoms with E-state index in [1.165, 1.54) is 21.7 Å². The maximum Gasteiger partial charge on any atom is 0.274 e. The van der Waals surface area contributed by atoms with Crippen LogP contribution in [0.5, 0.6) is 0 Å². The molecule has 1 aromatic rings. The zero-order valence-electron chi connectivity index (χ0n) is 12.6. The Bertz CT molecular complexity index is 501. The normalized spacial score (nSPS) is 10.6. The summed E-state index contributed by atoms with van der Waals surface area (Å²) in [5, 5.41) is 13.1. The van der Waals surface area contributed by atoms with Crippen LogP contribution in [0.25, 0.3) is 0 Å². The number of nitrogens with zero attached hydrogens (tertiary/aromatic N) is 3. The molecule has 0 radical (unpaired) electrons. The van der Waals surface area contributed by atoms with Crippen LogP contribution in [0.4, 0.5) is 0 Å². The van der Waals surface area contributed by atoms with Crippen molar-refractivity contribution in [3.63, 3.8) is 0 Å². The minimum atomic E-state index is -0.314. The number of carbonyl (C=O) groups excluding carboxylic acids is 1. The number of aryl methyl sites for hydroxylation is 1. The van der Waals surface area contributed by atoms with Crippen LogP contribution in [0, 0.1) is 0 Å². The molecule has 0 saturated heterocycles. The second-order valence-electron chi connectivity index (χ2n) is 4.64. The van der Waals surface area contributed by atoms with Crippen LogP contribution in [0.3, 0.4) is 0 Å². The van der Waals surface area contributed by atoms with E-state index < -0.39 is 0 Å². The molecule has 0 bridgehead atoms. The first-order valence-corrected chi connectivity index (χ1v) is 7.11. The Balaban J connectivity index is 2.90. The summed E-state index contributed by atoms with van der Waals surface area (Å²) >= 11 is 0. The summed E-state index contributed by atoms with van der Waals surface area (Å²) in [7, 11) is 1.55. The van der Waals surface area contributed by atoms with Gasteiger partial charge in [-0.15, -0.1) is 0 Å². The molecule has 0 fully saturated rings. The summed E-state index contributed by atoms with van der Waals surface area (Å²) in [5.74, 6) is -0.314. The Morgan fingerprint density at radius 2 is 2.19 bits per heavy atom. The predicted octanol–water partition coefficient (Wildman–Crippen LogP) is 0.124. The number of methoxy groups -OCH3 is 1. The summed E-state index contributed by atoms with van der Waals surface area (Å²) in [6.07, 6.45) is 1.77. The lowest BCUT2D eigenvalue weighted by molar-refractivity contribution is 0.0648. The smallest absolute Gasteiger partial charge is 0.274 e. The number of ether oxygens (including phenoxy) is 1. The molecule has 118 valence electrons. The molecular weight excluding hydrogens is 274 g/mol. The Morgan fingerprint density at radius 1 is 1.43 bits per heavy atom. The molecule has 0 aliphatic heterocycles. The van der Waals surface area contributed by atoms with Crippen LogP contribution in [0.1, 0.15) is 30.3 Å². The van der Waals surface area contributed by atoms with Crippen molar-refractivity contribution in [1.29, 1.82) is 0 Å². The van der Waals surface area contributed by atoms with Crippen molar-refractivity contribution < 1.29 is 14.6 Å². The van der Waals surface area contributed by atoms with Crippen molar-refractivity contribution in [3.8, 4) is 0 Å². The van der Waals surface area contributed by atoms with Crippen LogP contribution in [-0.4, -0.2) is 59.1 Å². The zero-order chi connectivity index (χ0) is 15.7. The summed E-state index contributed by atoms with van der Waals surface area (Å²) in [5.41, 5.74) is -0.0131. The molecule has 0 saturated carbocycles. The molecule has 0 aliphatic rings. The highest BCUT2D eigenvalue weighted by Gasteiger charge is 2.17. The zero-order valence-corrected chi connectivity index (χ0v) is 12.6. The van der Waals surface area contributed by atoms with Crippen LogP contribution >= 0.6 is 0 Å². The number of hydrogen-bond donors (Lipinski definition) is 1. The van der Waals surface area contributed by atoms with E-state index >= 15 is 0 Å². The van der Waals surface area contributed by atoms with Gasteiger partial charge >= 0.3 is 0 Å². The van der Waals surface area contributed by atoms with Crippen molar-refractivity contribution in [1.82, 2.24) is 14.7 Å². The average molecular weight is 297 g/mol. The van der Waals surface area contributed by atoms with E-state index in [1.54, 1.807) is 7.11 Å². The average Bonchev–Trinajstić information content (AvgIpc) is 2.50. The largest absolute Gasteiger partial charge is 0.395 e. The Labute approximate surface area is 124 Å². The maximum atomic E-state index is 12.4. The predicted molar refractivity (Wildman–Crippen MR) is 78.3 cm³/mol. The molecule has 7 nitrogen and oxygen atoms in total. The topological polar surface area (TPSA) is 84.7 Å². The number of aromatic nitrogens is 2. The number of aliphatic hydroxyl groups excluding tert-OH is 1. The minimum absolute atomic E-state index is 0.134. The second kappa shape index (κ2) is 9.25. The fraction of sp³-hybridized carbons (Fsp3) is 0.643. The molecule has 7 heteroatoms. The van der Waals surface area contributed by atoms with Crippen LogP contribution in [0.2, 0.25) is 0 Å². The van der Waals surface area contributed by atoms with Crippen molar-refractivity contribution in [3.05, 3.63) is 28.2 Å². The first-order valence-electron chi connectivity index (χ1n) is 7.11. The standard InChI is InChI=1S/C14H23N3O4/c1-3-4-7-17-13(19)6-5-12(15-17)14(20)16(8-10-18)9-11-21-2/h5-6,18H,3-4,7-11H2,1-2H3.